The molecule has 1 unspecified atom stereocenters. The molecule has 0 saturated heterocycles. The van der Waals surface area contributed by atoms with Crippen LogP contribution in [0.3, 0.4) is 0 Å². The standard InChI is InChI=1S/C32H31N3O/c1-22-13-14-23(2)28(19-22)21-35-30-12-8-7-11-29(30)34-32(35)24(3)33-31(36)20-25-15-17-27(18-16-25)26-9-5-4-6-10-26/h4-19,24H,20-21H2,1-3H3,(H,33,36). The van der Waals surface area contributed by atoms with Gasteiger partial charge in [-0.15, -0.1) is 0 Å². The maximum atomic E-state index is 13.0. The molecule has 4 heteroatoms. The number of nitrogens with zero attached hydrogens (tertiary/aromatic N) is 2. The summed E-state index contributed by atoms with van der Waals surface area (Å²) in [6.45, 7) is 6.98. The van der Waals surface area contributed by atoms with Gasteiger partial charge in [0.05, 0.1) is 23.5 Å². The number of hydrogen-bond donors (Lipinski definition) is 1. The van der Waals surface area contributed by atoms with Gasteiger partial charge in [0, 0.05) is 6.54 Å². The Morgan fingerprint density at radius 2 is 1.56 bits per heavy atom. The van der Waals surface area contributed by atoms with Crippen LogP contribution in [0.2, 0.25) is 0 Å². The van der Waals surface area contributed by atoms with E-state index in [4.69, 9.17) is 4.98 Å². The van der Waals surface area contributed by atoms with E-state index < -0.39 is 0 Å². The van der Waals surface area contributed by atoms with Crippen molar-refractivity contribution in [3.05, 3.63) is 125 Å². The largest absolute Gasteiger partial charge is 0.346 e. The van der Waals surface area contributed by atoms with Crippen LogP contribution in [0.15, 0.2) is 97.1 Å². The highest BCUT2D eigenvalue weighted by atomic mass is 16.1. The van der Waals surface area contributed by atoms with Crippen LogP contribution >= 0.6 is 0 Å². The first-order valence-electron chi connectivity index (χ1n) is 12.4. The predicted molar refractivity (Wildman–Crippen MR) is 147 cm³/mol. The highest BCUT2D eigenvalue weighted by molar-refractivity contribution is 5.80. The fourth-order valence-corrected chi connectivity index (χ4v) is 4.72. The van der Waals surface area contributed by atoms with Gasteiger partial charge in [0.15, 0.2) is 0 Å². The summed E-state index contributed by atoms with van der Waals surface area (Å²) in [5.41, 5.74) is 9.07. The first-order chi connectivity index (χ1) is 17.5. The third kappa shape index (κ3) is 5.08. The average Bonchev–Trinajstić information content (AvgIpc) is 3.26. The average molecular weight is 474 g/mol. The Morgan fingerprint density at radius 1 is 0.861 bits per heavy atom. The summed E-state index contributed by atoms with van der Waals surface area (Å²) >= 11 is 0. The van der Waals surface area contributed by atoms with Crippen LogP contribution in [-0.4, -0.2) is 15.5 Å². The fraction of sp³-hybridized carbons (Fsp3) is 0.188. The van der Waals surface area contributed by atoms with E-state index in [9.17, 15) is 4.79 Å². The van der Waals surface area contributed by atoms with Gasteiger partial charge in [-0.3, -0.25) is 4.79 Å². The molecule has 0 aliphatic heterocycles. The molecular weight excluding hydrogens is 442 g/mol. The summed E-state index contributed by atoms with van der Waals surface area (Å²) in [5, 5.41) is 3.18. The molecule has 5 aromatic rings. The van der Waals surface area contributed by atoms with Crippen molar-refractivity contribution in [1.82, 2.24) is 14.9 Å². The summed E-state index contributed by atoms with van der Waals surface area (Å²) in [6, 6.07) is 33.0. The van der Waals surface area contributed by atoms with Crippen molar-refractivity contribution in [2.45, 2.75) is 39.8 Å². The maximum Gasteiger partial charge on any atom is 0.224 e. The Labute approximate surface area is 212 Å². The molecule has 0 saturated carbocycles. The van der Waals surface area contributed by atoms with Gasteiger partial charge < -0.3 is 9.88 Å². The van der Waals surface area contributed by atoms with Crippen LogP contribution in [0.4, 0.5) is 0 Å². The van der Waals surface area contributed by atoms with Crippen molar-refractivity contribution in [1.29, 1.82) is 0 Å². The number of carbonyl (C=O) groups excluding carboxylic acids is 1. The Bertz CT molecular complexity index is 1500. The molecule has 1 aromatic heterocycles. The molecule has 0 aliphatic rings. The van der Waals surface area contributed by atoms with Crippen LogP contribution in [0, 0.1) is 13.8 Å². The summed E-state index contributed by atoms with van der Waals surface area (Å²) in [6.07, 6.45) is 0.330. The molecule has 0 spiro atoms. The van der Waals surface area contributed by atoms with E-state index in [0.717, 1.165) is 28.0 Å². The van der Waals surface area contributed by atoms with Crippen molar-refractivity contribution < 1.29 is 4.79 Å². The zero-order valence-electron chi connectivity index (χ0n) is 21.0. The molecule has 1 heterocycles. The summed E-state index contributed by atoms with van der Waals surface area (Å²) < 4.78 is 2.23. The monoisotopic (exact) mass is 473 g/mol. The Morgan fingerprint density at radius 3 is 2.33 bits per heavy atom. The minimum absolute atomic E-state index is 0.0136. The summed E-state index contributed by atoms with van der Waals surface area (Å²) in [4.78, 5) is 17.9. The first kappa shape index (κ1) is 23.6. The normalized spacial score (nSPS) is 12.0. The number of amides is 1. The molecule has 36 heavy (non-hydrogen) atoms. The second kappa shape index (κ2) is 10.2. The van der Waals surface area contributed by atoms with E-state index in [1.165, 1.54) is 22.3 Å². The van der Waals surface area contributed by atoms with E-state index in [-0.39, 0.29) is 11.9 Å². The fourth-order valence-electron chi connectivity index (χ4n) is 4.72. The molecule has 0 fully saturated rings. The Kier molecular flexibility index (Phi) is 6.68. The van der Waals surface area contributed by atoms with Crippen LogP contribution in [-0.2, 0) is 17.8 Å². The number of para-hydroxylation sites is 2. The molecule has 1 amide bonds. The highest BCUT2D eigenvalue weighted by Crippen LogP contribution is 2.24. The molecule has 4 nitrogen and oxygen atoms in total. The second-order valence-electron chi connectivity index (χ2n) is 9.50. The van der Waals surface area contributed by atoms with Crippen molar-refractivity contribution in [2.75, 3.05) is 0 Å². The molecule has 0 bridgehead atoms. The quantitative estimate of drug-likeness (QED) is 0.283. The van der Waals surface area contributed by atoms with E-state index >= 15 is 0 Å². The van der Waals surface area contributed by atoms with Gasteiger partial charge in [-0.1, -0.05) is 90.5 Å². The van der Waals surface area contributed by atoms with Gasteiger partial charge in [0.2, 0.25) is 5.91 Å². The topological polar surface area (TPSA) is 46.9 Å². The van der Waals surface area contributed by atoms with Crippen LogP contribution in [0.5, 0.6) is 0 Å². The first-order valence-corrected chi connectivity index (χ1v) is 12.4. The van der Waals surface area contributed by atoms with E-state index in [1.807, 2.05) is 55.5 Å². The highest BCUT2D eigenvalue weighted by Gasteiger charge is 2.19. The number of nitrogens with one attached hydrogen (secondary N) is 1. The maximum absolute atomic E-state index is 13.0. The lowest BCUT2D eigenvalue weighted by molar-refractivity contribution is -0.121. The predicted octanol–water partition coefficient (Wildman–Crippen LogP) is 6.79. The number of fused-ring (bicyclic) bond motifs is 1. The van der Waals surface area contributed by atoms with Crippen molar-refractivity contribution >= 4 is 16.9 Å². The van der Waals surface area contributed by atoms with Crippen molar-refractivity contribution in [3.63, 3.8) is 0 Å². The molecule has 4 aromatic carbocycles. The molecule has 0 aliphatic carbocycles. The molecular formula is C32H31N3O. The Balaban J connectivity index is 1.34. The number of aryl methyl sites for hydroxylation is 2. The van der Waals surface area contributed by atoms with Crippen molar-refractivity contribution in [3.8, 4) is 11.1 Å². The molecule has 1 atom stereocenters. The molecule has 5 rings (SSSR count). The number of aromatic nitrogens is 2. The van der Waals surface area contributed by atoms with E-state index in [1.54, 1.807) is 0 Å². The van der Waals surface area contributed by atoms with Gasteiger partial charge in [0.1, 0.15) is 5.82 Å². The number of benzene rings is 4. The van der Waals surface area contributed by atoms with Gasteiger partial charge in [0.25, 0.3) is 0 Å². The smallest absolute Gasteiger partial charge is 0.224 e. The lowest BCUT2D eigenvalue weighted by atomic mass is 10.0. The van der Waals surface area contributed by atoms with Gasteiger partial charge in [-0.2, -0.15) is 0 Å². The van der Waals surface area contributed by atoms with Gasteiger partial charge >= 0.3 is 0 Å². The van der Waals surface area contributed by atoms with Gasteiger partial charge in [-0.25, -0.2) is 4.98 Å². The summed E-state index contributed by atoms with van der Waals surface area (Å²) in [7, 11) is 0. The minimum atomic E-state index is -0.224. The second-order valence-corrected chi connectivity index (χ2v) is 9.50. The van der Waals surface area contributed by atoms with Crippen LogP contribution in [0.25, 0.3) is 22.2 Å². The number of rotatable bonds is 7. The van der Waals surface area contributed by atoms with Crippen LogP contribution < -0.4 is 5.32 Å². The van der Waals surface area contributed by atoms with Gasteiger partial charge in [-0.05, 0) is 60.7 Å². The van der Waals surface area contributed by atoms with E-state index in [0.29, 0.717) is 13.0 Å². The van der Waals surface area contributed by atoms with Crippen LogP contribution in [0.1, 0.15) is 41.0 Å². The summed E-state index contributed by atoms with van der Waals surface area (Å²) in [5.74, 6) is 0.852. The zero-order valence-corrected chi connectivity index (χ0v) is 21.0. The molecule has 0 radical (unpaired) electrons. The zero-order chi connectivity index (χ0) is 25.1. The van der Waals surface area contributed by atoms with Crippen molar-refractivity contribution in [2.24, 2.45) is 0 Å². The Hall–Kier alpha value is -4.18. The minimum Gasteiger partial charge on any atom is -0.346 e. The molecule has 1 N–H and O–H groups in total. The number of imidazole rings is 1. The lowest BCUT2D eigenvalue weighted by Gasteiger charge is -2.18. The van der Waals surface area contributed by atoms with E-state index in [2.05, 4.69) is 72.3 Å². The lowest BCUT2D eigenvalue weighted by Crippen LogP contribution is -2.30. The number of carbonyl (C=O) groups is 1. The molecule has 180 valence electrons. The third-order valence-electron chi connectivity index (χ3n) is 6.71. The third-order valence-corrected chi connectivity index (χ3v) is 6.71. The number of hydrogen-bond acceptors (Lipinski definition) is 2. The SMILES string of the molecule is Cc1ccc(C)c(Cn2c(C(C)NC(=O)Cc3ccc(-c4ccccc4)cc3)nc3ccccc32)c1.